The lowest BCUT2D eigenvalue weighted by Crippen LogP contribution is -2.08. The zero-order valence-electron chi connectivity index (χ0n) is 12.4. The van der Waals surface area contributed by atoms with Crippen LogP contribution in [0.15, 0.2) is 33.2 Å². The summed E-state index contributed by atoms with van der Waals surface area (Å²) in [6.45, 7) is 5.83. The maximum absolute atomic E-state index is 12.9. The molecule has 21 heavy (non-hydrogen) atoms. The van der Waals surface area contributed by atoms with Crippen molar-refractivity contribution in [3.8, 4) is 5.75 Å². The number of ether oxygens (including phenoxy) is 1. The van der Waals surface area contributed by atoms with E-state index in [1.807, 2.05) is 45.0 Å². The second-order valence-electron chi connectivity index (χ2n) is 5.00. The third-order valence-electron chi connectivity index (χ3n) is 3.51. The zero-order valence-corrected chi connectivity index (χ0v) is 15.6. The Morgan fingerprint density at radius 3 is 2.24 bits per heavy atom. The fourth-order valence-electron chi connectivity index (χ4n) is 2.32. The van der Waals surface area contributed by atoms with Crippen molar-refractivity contribution in [2.24, 2.45) is 0 Å². The summed E-state index contributed by atoms with van der Waals surface area (Å²) in [5.74, 6) is 0.616. The van der Waals surface area contributed by atoms with Crippen molar-refractivity contribution in [3.05, 3.63) is 61.0 Å². The number of aryl methyl sites for hydroxylation is 2. The van der Waals surface area contributed by atoms with Crippen molar-refractivity contribution in [2.75, 3.05) is 7.11 Å². The number of rotatable bonds is 3. The number of benzene rings is 2. The standard InChI is InChI=1S/C17H16Br2O2/c1-9-7-12(5-6-13(9)18)16(20)15-11(3)14(19)8-10(2)17(15)21-4/h5-8H,1-4H3. The summed E-state index contributed by atoms with van der Waals surface area (Å²) >= 11 is 6.97. The number of hydrogen-bond donors (Lipinski definition) is 0. The number of halogens is 2. The lowest BCUT2D eigenvalue weighted by Gasteiger charge is -2.15. The van der Waals surface area contributed by atoms with Crippen molar-refractivity contribution in [1.29, 1.82) is 0 Å². The molecule has 0 spiro atoms. The number of hydrogen-bond acceptors (Lipinski definition) is 2. The van der Waals surface area contributed by atoms with E-state index in [2.05, 4.69) is 31.9 Å². The molecular formula is C17H16Br2O2. The highest BCUT2D eigenvalue weighted by atomic mass is 79.9. The molecule has 2 rings (SSSR count). The van der Waals surface area contributed by atoms with Crippen molar-refractivity contribution in [3.63, 3.8) is 0 Å². The molecule has 0 bridgehead atoms. The van der Waals surface area contributed by atoms with E-state index in [4.69, 9.17) is 4.74 Å². The van der Waals surface area contributed by atoms with Gasteiger partial charge in [-0.25, -0.2) is 0 Å². The van der Waals surface area contributed by atoms with Gasteiger partial charge in [-0.05, 0) is 61.7 Å². The Hall–Kier alpha value is -1.13. The second-order valence-corrected chi connectivity index (χ2v) is 6.71. The van der Waals surface area contributed by atoms with E-state index in [0.717, 1.165) is 25.6 Å². The monoisotopic (exact) mass is 410 g/mol. The van der Waals surface area contributed by atoms with Gasteiger partial charge in [0.25, 0.3) is 0 Å². The molecule has 0 saturated heterocycles. The summed E-state index contributed by atoms with van der Waals surface area (Å²) in [7, 11) is 1.60. The molecule has 0 aliphatic rings. The molecule has 110 valence electrons. The van der Waals surface area contributed by atoms with Crippen LogP contribution in [-0.4, -0.2) is 12.9 Å². The average Bonchev–Trinajstić information content (AvgIpc) is 2.44. The summed E-state index contributed by atoms with van der Waals surface area (Å²) in [5, 5.41) is 0. The van der Waals surface area contributed by atoms with E-state index in [-0.39, 0.29) is 5.78 Å². The summed E-state index contributed by atoms with van der Waals surface area (Å²) in [4.78, 5) is 12.9. The molecule has 0 aromatic heterocycles. The van der Waals surface area contributed by atoms with Crippen LogP contribution in [-0.2, 0) is 0 Å². The van der Waals surface area contributed by atoms with Crippen LogP contribution in [0.3, 0.4) is 0 Å². The van der Waals surface area contributed by atoms with Crippen LogP contribution >= 0.6 is 31.9 Å². The highest BCUT2D eigenvalue weighted by Crippen LogP contribution is 2.34. The van der Waals surface area contributed by atoms with Gasteiger partial charge in [-0.2, -0.15) is 0 Å². The van der Waals surface area contributed by atoms with Crippen LogP contribution in [0.5, 0.6) is 5.75 Å². The van der Waals surface area contributed by atoms with Gasteiger partial charge in [0, 0.05) is 14.5 Å². The SMILES string of the molecule is COc1c(C)cc(Br)c(C)c1C(=O)c1ccc(Br)c(C)c1. The smallest absolute Gasteiger partial charge is 0.197 e. The third kappa shape index (κ3) is 3.06. The van der Waals surface area contributed by atoms with Gasteiger partial charge in [0.2, 0.25) is 0 Å². The molecule has 0 unspecified atom stereocenters. The number of ketones is 1. The van der Waals surface area contributed by atoms with Gasteiger partial charge in [-0.1, -0.05) is 31.9 Å². The lowest BCUT2D eigenvalue weighted by molar-refractivity contribution is 0.103. The summed E-state index contributed by atoms with van der Waals surface area (Å²) < 4.78 is 7.37. The topological polar surface area (TPSA) is 26.3 Å². The van der Waals surface area contributed by atoms with E-state index >= 15 is 0 Å². The predicted octanol–water partition coefficient (Wildman–Crippen LogP) is 5.38. The van der Waals surface area contributed by atoms with Crippen LogP contribution < -0.4 is 4.74 Å². The number of carbonyl (C=O) groups excluding carboxylic acids is 1. The van der Waals surface area contributed by atoms with E-state index in [9.17, 15) is 4.79 Å². The molecule has 0 atom stereocenters. The summed E-state index contributed by atoms with van der Waals surface area (Å²) in [6.07, 6.45) is 0. The van der Waals surface area contributed by atoms with E-state index in [1.54, 1.807) is 7.11 Å². The predicted molar refractivity (Wildman–Crippen MR) is 92.5 cm³/mol. The van der Waals surface area contributed by atoms with Crippen molar-refractivity contribution in [2.45, 2.75) is 20.8 Å². The average molecular weight is 412 g/mol. The molecule has 0 amide bonds. The fraction of sp³-hybridized carbons (Fsp3) is 0.235. The molecule has 2 aromatic rings. The molecule has 0 radical (unpaired) electrons. The zero-order chi connectivity index (χ0) is 15.7. The Bertz CT molecular complexity index is 721. The van der Waals surface area contributed by atoms with Crippen molar-refractivity contribution < 1.29 is 9.53 Å². The first-order valence-corrected chi connectivity index (χ1v) is 8.10. The van der Waals surface area contributed by atoms with Crippen LogP contribution in [0.4, 0.5) is 0 Å². The molecule has 0 heterocycles. The fourth-order valence-corrected chi connectivity index (χ4v) is 3.11. The van der Waals surface area contributed by atoms with Crippen molar-refractivity contribution >= 4 is 37.6 Å². The Morgan fingerprint density at radius 1 is 1.00 bits per heavy atom. The maximum atomic E-state index is 12.9. The number of methoxy groups -OCH3 is 1. The van der Waals surface area contributed by atoms with Gasteiger partial charge in [0.1, 0.15) is 5.75 Å². The molecule has 0 N–H and O–H groups in total. The van der Waals surface area contributed by atoms with Gasteiger partial charge < -0.3 is 4.74 Å². The Morgan fingerprint density at radius 2 is 1.67 bits per heavy atom. The quantitative estimate of drug-likeness (QED) is 0.634. The largest absolute Gasteiger partial charge is 0.496 e. The Kier molecular flexibility index (Phi) is 4.89. The molecule has 0 aliphatic carbocycles. The summed E-state index contributed by atoms with van der Waals surface area (Å²) in [6, 6.07) is 7.59. The minimum Gasteiger partial charge on any atom is -0.496 e. The minimum absolute atomic E-state index is 0.0237. The van der Waals surface area contributed by atoms with E-state index < -0.39 is 0 Å². The van der Waals surface area contributed by atoms with Gasteiger partial charge in [0.05, 0.1) is 12.7 Å². The van der Waals surface area contributed by atoms with E-state index in [1.165, 1.54) is 0 Å². The third-order valence-corrected chi connectivity index (χ3v) is 5.23. The first-order chi connectivity index (χ1) is 9.86. The first kappa shape index (κ1) is 16.2. The molecule has 2 aromatic carbocycles. The lowest BCUT2D eigenvalue weighted by atomic mass is 9.95. The normalized spacial score (nSPS) is 10.6. The number of carbonyl (C=O) groups is 1. The maximum Gasteiger partial charge on any atom is 0.197 e. The van der Waals surface area contributed by atoms with Crippen LogP contribution in [0.2, 0.25) is 0 Å². The van der Waals surface area contributed by atoms with Crippen molar-refractivity contribution in [1.82, 2.24) is 0 Å². The molecule has 0 saturated carbocycles. The van der Waals surface area contributed by atoms with Crippen LogP contribution in [0.25, 0.3) is 0 Å². The van der Waals surface area contributed by atoms with Gasteiger partial charge in [-0.15, -0.1) is 0 Å². The molecule has 0 fully saturated rings. The molecule has 4 heteroatoms. The highest BCUT2D eigenvalue weighted by Gasteiger charge is 2.21. The van der Waals surface area contributed by atoms with E-state index in [0.29, 0.717) is 16.9 Å². The van der Waals surface area contributed by atoms with Gasteiger partial charge >= 0.3 is 0 Å². The minimum atomic E-state index is -0.0237. The Labute approximate surface area is 141 Å². The molecule has 0 aliphatic heterocycles. The first-order valence-electron chi connectivity index (χ1n) is 6.51. The van der Waals surface area contributed by atoms with Gasteiger partial charge in [-0.3, -0.25) is 4.79 Å². The van der Waals surface area contributed by atoms with Crippen LogP contribution in [0, 0.1) is 20.8 Å². The van der Waals surface area contributed by atoms with Gasteiger partial charge in [0.15, 0.2) is 5.78 Å². The summed E-state index contributed by atoms with van der Waals surface area (Å²) in [5.41, 5.74) is 4.14. The molecule has 2 nitrogen and oxygen atoms in total. The Balaban J connectivity index is 2.65. The highest BCUT2D eigenvalue weighted by molar-refractivity contribution is 9.10. The second kappa shape index (κ2) is 6.32. The molecular weight excluding hydrogens is 396 g/mol. The van der Waals surface area contributed by atoms with Crippen LogP contribution in [0.1, 0.15) is 32.6 Å².